The van der Waals surface area contributed by atoms with Gasteiger partial charge in [0.15, 0.2) is 0 Å². The molecule has 2 aliphatic rings. The number of amides is 1. The molecule has 0 aromatic heterocycles. The van der Waals surface area contributed by atoms with E-state index >= 15 is 0 Å². The molecule has 0 aromatic carbocycles. The molecule has 4 heteroatoms. The van der Waals surface area contributed by atoms with Crippen LogP contribution in [0, 0.1) is 0 Å². The number of nitrogens with zero attached hydrogens (tertiary/aromatic N) is 1. The minimum atomic E-state index is -0.335. The molecule has 1 heterocycles. The Morgan fingerprint density at radius 1 is 1.08 bits per heavy atom. The molecule has 0 bridgehead atoms. The fourth-order valence-electron chi connectivity index (χ4n) is 2.59. The largest absolute Gasteiger partial charge is 0.449 e. The van der Waals surface area contributed by atoms with Crippen LogP contribution in [-0.2, 0) is 4.74 Å². The molecule has 4 nitrogen and oxygen atoms in total. The Bertz CT molecular complexity index is 676. The number of allylic oxidation sites excluding steroid dienone is 11. The van der Waals surface area contributed by atoms with E-state index in [9.17, 15) is 4.79 Å². The normalized spacial score (nSPS) is 21.8. The number of ether oxygens (including phenoxy) is 1. The summed E-state index contributed by atoms with van der Waals surface area (Å²) in [6.07, 6.45) is 24.6. The second-order valence-corrected chi connectivity index (χ2v) is 6.29. The Kier molecular flexibility index (Phi) is 8.98. The SMILES string of the molecule is CC1=CC=C(CCOC(=O)NCCCCC2=C/C=C\C=C/C=C\2)CC=N1. The number of carbonyl (C=O) groups excluding carboxylic acids is 1. The predicted molar refractivity (Wildman–Crippen MR) is 108 cm³/mol. The molecule has 1 amide bonds. The summed E-state index contributed by atoms with van der Waals surface area (Å²) in [6.45, 7) is 3.01. The van der Waals surface area contributed by atoms with E-state index in [0.29, 0.717) is 13.2 Å². The summed E-state index contributed by atoms with van der Waals surface area (Å²) in [5.74, 6) is 0. The highest BCUT2D eigenvalue weighted by Gasteiger charge is 2.04. The zero-order valence-electron chi connectivity index (χ0n) is 15.5. The Hall–Kier alpha value is -2.62. The molecule has 0 saturated heterocycles. The molecule has 0 spiro atoms. The Labute approximate surface area is 156 Å². The molecule has 0 unspecified atom stereocenters. The molecule has 1 aliphatic carbocycles. The maximum absolute atomic E-state index is 11.7. The topological polar surface area (TPSA) is 50.7 Å². The van der Waals surface area contributed by atoms with Crippen molar-refractivity contribution in [1.29, 1.82) is 0 Å². The summed E-state index contributed by atoms with van der Waals surface area (Å²) < 4.78 is 5.24. The van der Waals surface area contributed by atoms with E-state index < -0.39 is 0 Å². The minimum Gasteiger partial charge on any atom is -0.449 e. The van der Waals surface area contributed by atoms with Crippen LogP contribution in [0.2, 0.25) is 0 Å². The van der Waals surface area contributed by atoms with Gasteiger partial charge in [0.1, 0.15) is 0 Å². The Morgan fingerprint density at radius 2 is 1.92 bits per heavy atom. The van der Waals surface area contributed by atoms with E-state index in [1.54, 1.807) is 0 Å². The average molecular weight is 352 g/mol. The van der Waals surface area contributed by atoms with E-state index in [4.69, 9.17) is 4.74 Å². The molecular weight excluding hydrogens is 324 g/mol. The van der Waals surface area contributed by atoms with Gasteiger partial charge in [-0.3, -0.25) is 4.99 Å². The van der Waals surface area contributed by atoms with Crippen LogP contribution in [0.25, 0.3) is 0 Å². The summed E-state index contributed by atoms with van der Waals surface area (Å²) in [5, 5.41) is 2.82. The number of unbranched alkanes of at least 4 members (excludes halogenated alkanes) is 1. The zero-order chi connectivity index (χ0) is 18.5. The average Bonchev–Trinajstić information content (AvgIpc) is 2.80. The highest BCUT2D eigenvalue weighted by atomic mass is 16.5. The van der Waals surface area contributed by atoms with E-state index in [1.165, 1.54) is 11.1 Å². The number of hydrogen-bond acceptors (Lipinski definition) is 3. The molecule has 0 radical (unpaired) electrons. The molecule has 0 saturated carbocycles. The van der Waals surface area contributed by atoms with Crippen molar-refractivity contribution in [2.45, 2.75) is 39.0 Å². The van der Waals surface area contributed by atoms with Crippen molar-refractivity contribution in [3.05, 3.63) is 71.5 Å². The lowest BCUT2D eigenvalue weighted by Gasteiger charge is -2.08. The van der Waals surface area contributed by atoms with Crippen molar-refractivity contribution in [1.82, 2.24) is 5.32 Å². The van der Waals surface area contributed by atoms with E-state index in [2.05, 4.69) is 40.7 Å². The first kappa shape index (κ1) is 19.7. The maximum Gasteiger partial charge on any atom is 0.407 e. The van der Waals surface area contributed by atoms with Gasteiger partial charge >= 0.3 is 6.09 Å². The number of alkyl carbamates (subject to hydrolysis) is 1. The van der Waals surface area contributed by atoms with Gasteiger partial charge < -0.3 is 10.1 Å². The fourth-order valence-corrected chi connectivity index (χ4v) is 2.59. The van der Waals surface area contributed by atoms with Crippen LogP contribution in [0.15, 0.2) is 76.5 Å². The predicted octanol–water partition coefficient (Wildman–Crippen LogP) is 5.19. The first-order valence-corrected chi connectivity index (χ1v) is 9.24. The molecule has 26 heavy (non-hydrogen) atoms. The first-order valence-electron chi connectivity index (χ1n) is 9.24. The summed E-state index contributed by atoms with van der Waals surface area (Å²) in [6, 6.07) is 0. The number of hydrogen-bond donors (Lipinski definition) is 1. The van der Waals surface area contributed by atoms with Crippen molar-refractivity contribution in [2.75, 3.05) is 13.2 Å². The van der Waals surface area contributed by atoms with Gasteiger partial charge in [-0.25, -0.2) is 4.79 Å². The zero-order valence-corrected chi connectivity index (χ0v) is 15.5. The van der Waals surface area contributed by atoms with Crippen molar-refractivity contribution in [3.8, 4) is 0 Å². The molecule has 2 rings (SSSR count). The molecule has 0 atom stereocenters. The fraction of sp³-hybridized carbons (Fsp3) is 0.364. The van der Waals surface area contributed by atoms with Crippen LogP contribution >= 0.6 is 0 Å². The lowest BCUT2D eigenvalue weighted by atomic mass is 10.1. The van der Waals surface area contributed by atoms with Crippen molar-refractivity contribution >= 4 is 12.3 Å². The van der Waals surface area contributed by atoms with Crippen LogP contribution in [-0.4, -0.2) is 25.5 Å². The smallest absolute Gasteiger partial charge is 0.407 e. The standard InChI is InChI=1S/C22H28N2O2/c1-19-12-13-21(14-17-23-19)15-18-26-22(25)24-16-8-7-11-20-9-5-3-2-4-6-10-20/h2-6,9-10,12-13,17H,7-8,11,14-16,18H2,1H3,(H,24,25)/b3-2-,4-2?,5-3?,6-4-,9-5-,10-6?,20-9?,20-10+. The van der Waals surface area contributed by atoms with Crippen LogP contribution in [0.5, 0.6) is 0 Å². The number of aliphatic imine (C=N–C) groups is 1. The third kappa shape index (κ3) is 8.47. The van der Waals surface area contributed by atoms with Crippen molar-refractivity contribution in [2.24, 2.45) is 4.99 Å². The van der Waals surface area contributed by atoms with E-state index in [0.717, 1.165) is 37.8 Å². The molecule has 138 valence electrons. The van der Waals surface area contributed by atoms with E-state index in [-0.39, 0.29) is 6.09 Å². The van der Waals surface area contributed by atoms with Gasteiger partial charge in [0.2, 0.25) is 0 Å². The van der Waals surface area contributed by atoms with Gasteiger partial charge in [-0.15, -0.1) is 0 Å². The van der Waals surface area contributed by atoms with Gasteiger partial charge in [0.25, 0.3) is 0 Å². The van der Waals surface area contributed by atoms with Crippen molar-refractivity contribution < 1.29 is 9.53 Å². The second-order valence-electron chi connectivity index (χ2n) is 6.29. The minimum absolute atomic E-state index is 0.335. The van der Waals surface area contributed by atoms with Crippen LogP contribution < -0.4 is 5.32 Å². The molecule has 1 aliphatic heterocycles. The Balaban J connectivity index is 1.53. The number of nitrogens with one attached hydrogen (secondary N) is 1. The molecular formula is C22H28N2O2. The number of rotatable bonds is 8. The quantitative estimate of drug-likeness (QED) is 0.611. The molecule has 0 fully saturated rings. The van der Waals surface area contributed by atoms with Crippen LogP contribution in [0.3, 0.4) is 0 Å². The van der Waals surface area contributed by atoms with Gasteiger partial charge in [0, 0.05) is 31.3 Å². The van der Waals surface area contributed by atoms with Gasteiger partial charge in [-0.05, 0) is 37.8 Å². The third-order valence-electron chi connectivity index (χ3n) is 4.09. The van der Waals surface area contributed by atoms with Gasteiger partial charge in [-0.1, -0.05) is 54.2 Å². The van der Waals surface area contributed by atoms with Crippen LogP contribution in [0.1, 0.15) is 39.0 Å². The summed E-state index contributed by atoms with van der Waals surface area (Å²) in [7, 11) is 0. The first-order chi connectivity index (χ1) is 12.7. The third-order valence-corrected chi connectivity index (χ3v) is 4.09. The highest BCUT2D eigenvalue weighted by Crippen LogP contribution is 2.12. The number of carbonyl (C=O) groups is 1. The monoisotopic (exact) mass is 352 g/mol. The molecule has 1 N–H and O–H groups in total. The highest BCUT2D eigenvalue weighted by molar-refractivity contribution is 5.67. The van der Waals surface area contributed by atoms with Gasteiger partial charge in [0.05, 0.1) is 6.61 Å². The summed E-state index contributed by atoms with van der Waals surface area (Å²) >= 11 is 0. The van der Waals surface area contributed by atoms with Crippen molar-refractivity contribution in [3.63, 3.8) is 0 Å². The maximum atomic E-state index is 11.7. The second kappa shape index (κ2) is 11.9. The van der Waals surface area contributed by atoms with Gasteiger partial charge in [-0.2, -0.15) is 0 Å². The van der Waals surface area contributed by atoms with E-state index in [1.807, 2.05) is 37.4 Å². The Morgan fingerprint density at radius 3 is 2.85 bits per heavy atom. The van der Waals surface area contributed by atoms with Crippen LogP contribution in [0.4, 0.5) is 4.79 Å². The summed E-state index contributed by atoms with van der Waals surface area (Å²) in [5.41, 5.74) is 3.53. The lowest BCUT2D eigenvalue weighted by Crippen LogP contribution is -2.25. The molecule has 0 aromatic rings. The lowest BCUT2D eigenvalue weighted by molar-refractivity contribution is 0.147. The summed E-state index contributed by atoms with van der Waals surface area (Å²) in [4.78, 5) is 16.0.